The average Bonchev–Trinajstić information content (AvgIpc) is 2.37. The molecule has 1 aromatic rings. The molecule has 1 fully saturated rings. The highest BCUT2D eigenvalue weighted by Crippen LogP contribution is 2.47. The van der Waals surface area contributed by atoms with Gasteiger partial charge >= 0.3 is 0 Å². The fourth-order valence-corrected chi connectivity index (χ4v) is 3.22. The molecule has 0 aromatic heterocycles. The van der Waals surface area contributed by atoms with Crippen molar-refractivity contribution >= 4 is 28.8 Å². The molecule has 1 aromatic carbocycles. The highest BCUT2D eigenvalue weighted by Gasteiger charge is 2.52. The Morgan fingerprint density at radius 1 is 1.50 bits per heavy atom. The molecule has 1 aliphatic rings. The zero-order chi connectivity index (χ0) is 14.9. The highest BCUT2D eigenvalue weighted by molar-refractivity contribution is 7.80. The van der Waals surface area contributed by atoms with Crippen molar-refractivity contribution in [1.29, 1.82) is 0 Å². The molecular weight excluding hydrogens is 275 g/mol. The molecule has 0 aliphatic heterocycles. The maximum atomic E-state index is 13.9. The summed E-state index contributed by atoms with van der Waals surface area (Å²) in [6.45, 7) is 4.27. The Kier molecular flexibility index (Phi) is 4.09. The van der Waals surface area contributed by atoms with Crippen molar-refractivity contribution in [2.45, 2.75) is 26.7 Å². The van der Waals surface area contributed by atoms with Crippen LogP contribution < -0.4 is 10.6 Å². The summed E-state index contributed by atoms with van der Waals surface area (Å²) in [5.74, 6) is -0.177. The summed E-state index contributed by atoms with van der Waals surface area (Å²) >= 11 is 5.10. The number of rotatable bonds is 4. The van der Waals surface area contributed by atoms with Crippen molar-refractivity contribution in [2.24, 2.45) is 17.1 Å². The lowest BCUT2D eigenvalue weighted by molar-refractivity contribution is -0.130. The number of nitrogens with two attached hydrogens (primary N) is 1. The molecular formula is C15H19FN2OS. The summed E-state index contributed by atoms with van der Waals surface area (Å²) in [5.41, 5.74) is 5.28. The van der Waals surface area contributed by atoms with Crippen LogP contribution in [0, 0.1) is 17.2 Å². The molecule has 2 rings (SSSR count). The van der Waals surface area contributed by atoms with Crippen LogP contribution in [0.2, 0.25) is 0 Å². The van der Waals surface area contributed by atoms with Gasteiger partial charge in [-0.2, -0.15) is 0 Å². The van der Waals surface area contributed by atoms with E-state index in [0.29, 0.717) is 25.3 Å². The van der Waals surface area contributed by atoms with Gasteiger partial charge in [0.25, 0.3) is 0 Å². The van der Waals surface area contributed by atoms with Gasteiger partial charge in [0.05, 0.1) is 16.1 Å². The van der Waals surface area contributed by atoms with E-state index in [2.05, 4.69) is 6.92 Å². The summed E-state index contributed by atoms with van der Waals surface area (Å²) in [7, 11) is 0. The third-order valence-corrected chi connectivity index (χ3v) is 4.37. The molecule has 1 aliphatic carbocycles. The average molecular weight is 294 g/mol. The molecule has 0 radical (unpaired) electrons. The van der Waals surface area contributed by atoms with Crippen molar-refractivity contribution in [1.82, 2.24) is 0 Å². The first-order chi connectivity index (χ1) is 9.42. The van der Waals surface area contributed by atoms with Gasteiger partial charge in [-0.15, -0.1) is 0 Å². The highest BCUT2D eigenvalue weighted by atomic mass is 32.1. The van der Waals surface area contributed by atoms with E-state index in [4.69, 9.17) is 18.0 Å². The van der Waals surface area contributed by atoms with Crippen LogP contribution in [0.4, 0.5) is 10.1 Å². The zero-order valence-electron chi connectivity index (χ0n) is 11.7. The number of anilines is 1. The van der Waals surface area contributed by atoms with Gasteiger partial charge in [0.15, 0.2) is 0 Å². The van der Waals surface area contributed by atoms with E-state index in [9.17, 15) is 9.18 Å². The normalized spacial score (nSPS) is 24.9. The van der Waals surface area contributed by atoms with E-state index in [1.165, 1.54) is 11.0 Å². The Bertz CT molecular complexity index is 540. The van der Waals surface area contributed by atoms with Crippen LogP contribution in [-0.2, 0) is 4.79 Å². The van der Waals surface area contributed by atoms with Gasteiger partial charge < -0.3 is 10.6 Å². The summed E-state index contributed by atoms with van der Waals surface area (Å²) in [6.07, 6.45) is 1.29. The fourth-order valence-electron chi connectivity index (χ4n) is 2.96. The van der Waals surface area contributed by atoms with Gasteiger partial charge in [0.1, 0.15) is 5.82 Å². The number of hydrogen-bond acceptors (Lipinski definition) is 2. The quantitative estimate of drug-likeness (QED) is 0.869. The minimum Gasteiger partial charge on any atom is -0.392 e. The molecule has 1 saturated carbocycles. The lowest BCUT2D eigenvalue weighted by Crippen LogP contribution is -2.57. The zero-order valence-corrected chi connectivity index (χ0v) is 12.5. The van der Waals surface area contributed by atoms with Crippen LogP contribution in [-0.4, -0.2) is 17.4 Å². The summed E-state index contributed by atoms with van der Waals surface area (Å²) in [6, 6.07) is 6.27. The van der Waals surface area contributed by atoms with Crippen LogP contribution in [0.1, 0.15) is 26.7 Å². The molecule has 108 valence electrons. The van der Waals surface area contributed by atoms with E-state index >= 15 is 0 Å². The molecule has 0 heterocycles. The van der Waals surface area contributed by atoms with E-state index < -0.39 is 11.2 Å². The van der Waals surface area contributed by atoms with Crippen LogP contribution in [0.15, 0.2) is 24.3 Å². The molecule has 0 saturated heterocycles. The summed E-state index contributed by atoms with van der Waals surface area (Å²) < 4.78 is 13.9. The van der Waals surface area contributed by atoms with Crippen molar-refractivity contribution < 1.29 is 9.18 Å². The van der Waals surface area contributed by atoms with Crippen LogP contribution in [0.25, 0.3) is 0 Å². The van der Waals surface area contributed by atoms with Crippen molar-refractivity contribution in [3.05, 3.63) is 30.1 Å². The first-order valence-electron chi connectivity index (χ1n) is 6.78. The van der Waals surface area contributed by atoms with Gasteiger partial charge in [-0.3, -0.25) is 4.79 Å². The molecule has 1 amide bonds. The maximum absolute atomic E-state index is 13.9. The van der Waals surface area contributed by atoms with Gasteiger partial charge in [0.2, 0.25) is 5.91 Å². The predicted octanol–water partition coefficient (Wildman–Crippen LogP) is 2.88. The van der Waals surface area contributed by atoms with Gasteiger partial charge in [-0.1, -0.05) is 31.3 Å². The largest absolute Gasteiger partial charge is 0.392 e. The van der Waals surface area contributed by atoms with Crippen molar-refractivity contribution in [3.63, 3.8) is 0 Å². The second-order valence-electron chi connectivity index (χ2n) is 5.46. The van der Waals surface area contributed by atoms with Gasteiger partial charge in [0, 0.05) is 6.54 Å². The lowest BCUT2D eigenvalue weighted by atomic mass is 9.61. The number of thiocarbonyl (C=S) groups is 1. The second-order valence-corrected chi connectivity index (χ2v) is 5.90. The topological polar surface area (TPSA) is 46.3 Å². The monoisotopic (exact) mass is 294 g/mol. The minimum absolute atomic E-state index is 0.185. The van der Waals surface area contributed by atoms with Gasteiger partial charge in [-0.05, 0) is 37.8 Å². The van der Waals surface area contributed by atoms with Crippen LogP contribution in [0.5, 0.6) is 0 Å². The molecule has 0 spiro atoms. The molecule has 20 heavy (non-hydrogen) atoms. The van der Waals surface area contributed by atoms with Crippen LogP contribution in [0.3, 0.4) is 0 Å². The second kappa shape index (κ2) is 5.48. The smallest absolute Gasteiger partial charge is 0.240 e. The van der Waals surface area contributed by atoms with Crippen LogP contribution >= 0.6 is 12.2 Å². The number of nitrogens with zero attached hydrogens (tertiary/aromatic N) is 1. The predicted molar refractivity (Wildman–Crippen MR) is 82.0 cm³/mol. The Balaban J connectivity index is 2.35. The number of carbonyl (C=O) groups excluding carboxylic acids is 1. The fraction of sp³-hybridized carbons (Fsp3) is 0.467. The SMILES string of the molecule is CCN(C(=O)C1(C(N)=S)CC(C)C1)c1ccccc1F. The molecule has 0 atom stereocenters. The van der Waals surface area contributed by atoms with E-state index in [0.717, 1.165) is 0 Å². The van der Waals surface area contributed by atoms with Crippen molar-refractivity contribution in [2.75, 3.05) is 11.4 Å². The third kappa shape index (κ3) is 2.30. The van der Waals surface area contributed by atoms with Crippen molar-refractivity contribution in [3.8, 4) is 0 Å². The molecule has 0 unspecified atom stereocenters. The Hall–Kier alpha value is -1.49. The first kappa shape index (κ1) is 14.9. The Morgan fingerprint density at radius 2 is 2.10 bits per heavy atom. The first-order valence-corrected chi connectivity index (χ1v) is 7.19. The standard InChI is InChI=1S/C15H19FN2OS/c1-3-18(12-7-5-4-6-11(12)16)14(19)15(13(17)20)8-10(2)9-15/h4-7,10H,3,8-9H2,1-2H3,(H2,17,20). The van der Waals surface area contributed by atoms with E-state index in [1.807, 2.05) is 6.92 Å². The number of hydrogen-bond donors (Lipinski definition) is 1. The number of carbonyl (C=O) groups is 1. The summed E-state index contributed by atoms with van der Waals surface area (Å²) in [5, 5.41) is 0. The minimum atomic E-state index is -0.799. The number of benzene rings is 1. The third-order valence-electron chi connectivity index (χ3n) is 3.98. The van der Waals surface area contributed by atoms with E-state index in [-0.39, 0.29) is 16.6 Å². The number of para-hydroxylation sites is 1. The maximum Gasteiger partial charge on any atom is 0.240 e. The Morgan fingerprint density at radius 3 is 2.55 bits per heavy atom. The molecule has 5 heteroatoms. The number of halogens is 1. The number of amides is 1. The Labute approximate surface area is 123 Å². The lowest BCUT2D eigenvalue weighted by Gasteiger charge is -2.46. The summed E-state index contributed by atoms with van der Waals surface area (Å²) in [4.78, 5) is 14.5. The molecule has 0 bridgehead atoms. The molecule has 2 N–H and O–H groups in total. The molecule has 3 nitrogen and oxygen atoms in total. The van der Waals surface area contributed by atoms with Gasteiger partial charge in [-0.25, -0.2) is 4.39 Å². The van der Waals surface area contributed by atoms with E-state index in [1.54, 1.807) is 18.2 Å².